The van der Waals surface area contributed by atoms with Gasteiger partial charge < -0.3 is 0 Å². The van der Waals surface area contributed by atoms with Gasteiger partial charge in [-0.2, -0.15) is 0 Å². The topological polar surface area (TPSA) is 0 Å². The Morgan fingerprint density at radius 3 is 1.97 bits per heavy atom. The van der Waals surface area contributed by atoms with Crippen LogP contribution in [-0.2, 0) is 10.8 Å². The summed E-state index contributed by atoms with van der Waals surface area (Å²) < 4.78 is 0. The number of allylic oxidation sites excluding steroid dienone is 1. The van der Waals surface area contributed by atoms with Gasteiger partial charge in [-0.1, -0.05) is 129 Å². The monoisotopic (exact) mass is 472 g/mol. The van der Waals surface area contributed by atoms with Gasteiger partial charge in [0.2, 0.25) is 0 Å². The highest BCUT2D eigenvalue weighted by Gasteiger charge is 2.35. The van der Waals surface area contributed by atoms with Crippen molar-refractivity contribution in [2.75, 3.05) is 0 Å². The molecule has 1 atom stereocenters. The van der Waals surface area contributed by atoms with E-state index in [9.17, 15) is 0 Å². The molecule has 1 saturated carbocycles. The lowest BCUT2D eigenvalue weighted by Crippen LogP contribution is -2.24. The Hall–Kier alpha value is -1.60. The molecule has 1 unspecified atom stereocenters. The van der Waals surface area contributed by atoms with Crippen LogP contribution in [0.2, 0.25) is 13.1 Å². The fourth-order valence-corrected chi connectivity index (χ4v) is 8.49. The van der Waals surface area contributed by atoms with Crippen molar-refractivity contribution >= 4 is 14.9 Å². The predicted molar refractivity (Wildman–Crippen MR) is 155 cm³/mol. The Bertz CT molecular complexity index is 1030. The third-order valence-electron chi connectivity index (χ3n) is 8.54. The van der Waals surface area contributed by atoms with Gasteiger partial charge in [0.05, 0.1) is 0 Å². The van der Waals surface area contributed by atoms with Crippen molar-refractivity contribution in [2.24, 2.45) is 5.41 Å². The molecule has 2 aromatic carbocycles. The average molecular weight is 473 g/mol. The summed E-state index contributed by atoms with van der Waals surface area (Å²) in [6, 6.07) is 14.6. The molecular weight excluding hydrogens is 424 g/mol. The largest absolute Gasteiger partial charge is 0.0714 e. The molecule has 2 aliphatic rings. The molecule has 2 aromatic rings. The van der Waals surface area contributed by atoms with Crippen molar-refractivity contribution in [3.8, 4) is 11.1 Å². The number of hydrogen-bond donors (Lipinski definition) is 0. The maximum Gasteiger partial charge on any atom is 0.0439 e. The lowest BCUT2D eigenvalue weighted by Gasteiger charge is -2.36. The lowest BCUT2D eigenvalue weighted by molar-refractivity contribution is 0.213. The van der Waals surface area contributed by atoms with Crippen LogP contribution in [0.3, 0.4) is 0 Å². The molecule has 0 N–H and O–H groups in total. The minimum atomic E-state index is -0.878. The summed E-state index contributed by atoms with van der Waals surface area (Å²) in [6.07, 6.45) is 11.0. The molecule has 0 bridgehead atoms. The molecule has 0 heterocycles. The van der Waals surface area contributed by atoms with Gasteiger partial charge in [0.1, 0.15) is 0 Å². The number of rotatable bonds is 4. The van der Waals surface area contributed by atoms with Crippen LogP contribution in [0.5, 0.6) is 0 Å². The van der Waals surface area contributed by atoms with E-state index in [-0.39, 0.29) is 10.8 Å². The fourth-order valence-electron chi connectivity index (χ4n) is 6.41. The molecule has 0 radical (unpaired) electrons. The first-order valence-corrected chi connectivity index (χ1v) is 16.8. The van der Waals surface area contributed by atoms with Crippen molar-refractivity contribution in [3.05, 3.63) is 64.2 Å². The molecule has 0 amide bonds. The van der Waals surface area contributed by atoms with Gasteiger partial charge in [-0.25, -0.2) is 0 Å². The first-order chi connectivity index (χ1) is 15.8. The van der Waals surface area contributed by atoms with Gasteiger partial charge in [-0.15, -0.1) is 0 Å². The van der Waals surface area contributed by atoms with Crippen molar-refractivity contribution in [1.82, 2.24) is 0 Å². The molecule has 34 heavy (non-hydrogen) atoms. The van der Waals surface area contributed by atoms with Crippen LogP contribution in [-0.4, -0.2) is 8.80 Å². The highest BCUT2D eigenvalue weighted by atomic mass is 28.3. The quantitative estimate of drug-likeness (QED) is 0.388. The zero-order chi connectivity index (χ0) is 24.9. The first-order valence-electron chi connectivity index (χ1n) is 13.8. The minimum Gasteiger partial charge on any atom is -0.0714 e. The fraction of sp³-hybridized carbons (Fsp3) is 0.576. The maximum absolute atomic E-state index is 2.64. The molecular formula is C33H48Si. The molecule has 0 aliphatic heterocycles. The van der Waals surface area contributed by atoms with E-state index >= 15 is 0 Å². The van der Waals surface area contributed by atoms with Crippen LogP contribution in [0.1, 0.15) is 115 Å². The summed E-state index contributed by atoms with van der Waals surface area (Å²) in [6.45, 7) is 21.7. The molecule has 0 spiro atoms. The summed E-state index contributed by atoms with van der Waals surface area (Å²) in [7, 11) is -0.878. The summed E-state index contributed by atoms with van der Waals surface area (Å²) in [5.74, 6) is 0. The third-order valence-corrected chi connectivity index (χ3v) is 10.7. The van der Waals surface area contributed by atoms with Crippen LogP contribution < -0.4 is 0 Å². The summed E-state index contributed by atoms with van der Waals surface area (Å²) in [5, 5.41) is 0. The molecule has 1 fully saturated rings. The van der Waals surface area contributed by atoms with E-state index in [1.807, 2.05) is 0 Å². The van der Waals surface area contributed by atoms with E-state index in [0.717, 1.165) is 0 Å². The van der Waals surface area contributed by atoms with Crippen LogP contribution in [0.25, 0.3) is 17.2 Å². The zero-order valence-corrected chi connectivity index (χ0v) is 24.6. The molecule has 184 valence electrons. The normalized spacial score (nSPS) is 20.4. The predicted octanol–water partition coefficient (Wildman–Crippen LogP) is 9.82. The number of hydrogen-bond acceptors (Lipinski definition) is 0. The summed E-state index contributed by atoms with van der Waals surface area (Å²) in [5.41, 5.74) is 12.1. The molecule has 2 aliphatic carbocycles. The van der Waals surface area contributed by atoms with Gasteiger partial charge in [0.15, 0.2) is 0 Å². The standard InChI is InChI=1S/C33H48Si/c1-31(2,3)25-18-23(19-26(21-25)32(4,5)6)27-14-13-15-28-29(27)20-24(30(28)34(8)9)22-33(7)16-11-10-12-17-33/h13-15,18-21,30,34H,10-12,16-17,22H2,1-9H3. The maximum atomic E-state index is 2.64. The molecule has 0 aromatic heterocycles. The van der Waals surface area contributed by atoms with E-state index in [1.165, 1.54) is 66.3 Å². The van der Waals surface area contributed by atoms with Gasteiger partial charge >= 0.3 is 0 Å². The van der Waals surface area contributed by atoms with E-state index < -0.39 is 8.80 Å². The van der Waals surface area contributed by atoms with Crippen molar-refractivity contribution in [3.63, 3.8) is 0 Å². The smallest absolute Gasteiger partial charge is 0.0439 e. The second-order valence-electron chi connectivity index (χ2n) is 14.1. The SMILES string of the molecule is C[SiH](C)C1C(CC2(C)CCCCC2)=Cc2c(-c3cc(C(C)(C)C)cc(C(C)(C)C)c3)cccc21. The van der Waals surface area contributed by atoms with E-state index in [0.29, 0.717) is 11.0 Å². The first kappa shape index (κ1) is 25.5. The van der Waals surface area contributed by atoms with Crippen LogP contribution in [0.4, 0.5) is 0 Å². The van der Waals surface area contributed by atoms with Gasteiger partial charge in [0.25, 0.3) is 0 Å². The Morgan fingerprint density at radius 1 is 0.853 bits per heavy atom. The van der Waals surface area contributed by atoms with E-state index in [4.69, 9.17) is 0 Å². The second-order valence-corrected chi connectivity index (χ2v) is 17.3. The summed E-state index contributed by atoms with van der Waals surface area (Å²) >= 11 is 0. The Balaban J connectivity index is 1.84. The summed E-state index contributed by atoms with van der Waals surface area (Å²) in [4.78, 5) is 0. The average Bonchev–Trinajstić information content (AvgIpc) is 3.10. The molecule has 0 saturated heterocycles. The molecule has 0 nitrogen and oxygen atoms in total. The molecule has 1 heteroatoms. The molecule has 4 rings (SSSR count). The van der Waals surface area contributed by atoms with Gasteiger partial charge in [-0.05, 0) is 74.4 Å². The van der Waals surface area contributed by atoms with E-state index in [2.05, 4.69) is 104 Å². The van der Waals surface area contributed by atoms with Gasteiger partial charge in [-0.3, -0.25) is 0 Å². The van der Waals surface area contributed by atoms with E-state index in [1.54, 1.807) is 11.1 Å². The number of fused-ring (bicyclic) bond motifs is 1. The van der Waals surface area contributed by atoms with Gasteiger partial charge in [0, 0.05) is 8.80 Å². The zero-order valence-electron chi connectivity index (χ0n) is 23.4. The highest BCUT2D eigenvalue weighted by molar-refractivity contribution is 6.58. The number of benzene rings is 2. The van der Waals surface area contributed by atoms with Crippen molar-refractivity contribution < 1.29 is 0 Å². The third kappa shape index (κ3) is 5.15. The Kier molecular flexibility index (Phi) is 6.84. The minimum absolute atomic E-state index is 0.137. The highest BCUT2D eigenvalue weighted by Crippen LogP contribution is 2.50. The van der Waals surface area contributed by atoms with Crippen molar-refractivity contribution in [1.29, 1.82) is 0 Å². The van der Waals surface area contributed by atoms with Crippen molar-refractivity contribution in [2.45, 2.75) is 116 Å². The lowest BCUT2D eigenvalue weighted by atomic mass is 9.71. The van der Waals surface area contributed by atoms with Crippen LogP contribution in [0.15, 0.2) is 42.0 Å². The second kappa shape index (κ2) is 9.12. The Labute approximate surface area is 211 Å². The van der Waals surface area contributed by atoms with Crippen LogP contribution in [0, 0.1) is 5.41 Å². The Morgan fingerprint density at radius 2 is 1.44 bits per heavy atom. The van der Waals surface area contributed by atoms with Crippen LogP contribution >= 0.6 is 0 Å².